The fourth-order valence-corrected chi connectivity index (χ4v) is 3.45. The predicted molar refractivity (Wildman–Crippen MR) is 74.4 cm³/mol. The van der Waals surface area contributed by atoms with Gasteiger partial charge in [0.1, 0.15) is 0 Å². The molecule has 18 heavy (non-hydrogen) atoms. The summed E-state index contributed by atoms with van der Waals surface area (Å²) in [5, 5.41) is 3.45. The van der Waals surface area contributed by atoms with Crippen LogP contribution in [0.4, 0.5) is 0 Å². The van der Waals surface area contributed by atoms with Gasteiger partial charge in [0.2, 0.25) is 5.91 Å². The Hall–Kier alpha value is -0.570. The third kappa shape index (κ3) is 3.47. The van der Waals surface area contributed by atoms with E-state index in [1.54, 1.807) is 0 Å². The first-order valence-electron chi connectivity index (χ1n) is 7.65. The van der Waals surface area contributed by atoms with Crippen molar-refractivity contribution in [3.63, 3.8) is 0 Å². The van der Waals surface area contributed by atoms with Gasteiger partial charge in [-0.2, -0.15) is 0 Å². The Morgan fingerprint density at radius 1 is 1.28 bits per heavy atom. The van der Waals surface area contributed by atoms with Crippen LogP contribution >= 0.6 is 0 Å². The molecule has 0 aromatic carbocycles. The van der Waals surface area contributed by atoms with Crippen molar-refractivity contribution < 1.29 is 4.79 Å². The van der Waals surface area contributed by atoms with Gasteiger partial charge in [0.05, 0.1) is 0 Å². The van der Waals surface area contributed by atoms with E-state index in [9.17, 15) is 4.79 Å². The molecule has 0 bridgehead atoms. The van der Waals surface area contributed by atoms with Crippen LogP contribution < -0.4 is 5.32 Å². The Labute approximate surface area is 111 Å². The zero-order chi connectivity index (χ0) is 13.0. The summed E-state index contributed by atoms with van der Waals surface area (Å²) in [4.78, 5) is 14.3. The van der Waals surface area contributed by atoms with Crippen molar-refractivity contribution in [1.29, 1.82) is 0 Å². The molecule has 2 aliphatic rings. The molecule has 1 saturated carbocycles. The lowest BCUT2D eigenvalue weighted by molar-refractivity contribution is -0.133. The minimum Gasteiger partial charge on any atom is -0.343 e. The van der Waals surface area contributed by atoms with Crippen LogP contribution in [-0.4, -0.2) is 37.0 Å². The van der Waals surface area contributed by atoms with Gasteiger partial charge in [-0.3, -0.25) is 4.79 Å². The fourth-order valence-electron chi connectivity index (χ4n) is 3.45. The van der Waals surface area contributed by atoms with Gasteiger partial charge >= 0.3 is 0 Å². The summed E-state index contributed by atoms with van der Waals surface area (Å²) in [6.07, 6.45) is 8.30. The minimum absolute atomic E-state index is 0.361. The number of carbonyl (C=O) groups excluding carboxylic acids is 1. The van der Waals surface area contributed by atoms with Crippen LogP contribution in [-0.2, 0) is 4.79 Å². The first kappa shape index (κ1) is 13.9. The van der Waals surface area contributed by atoms with Crippen molar-refractivity contribution in [3.05, 3.63) is 0 Å². The number of piperidine rings is 1. The molecule has 0 radical (unpaired) electrons. The highest BCUT2D eigenvalue weighted by Crippen LogP contribution is 2.26. The summed E-state index contributed by atoms with van der Waals surface area (Å²) in [6.45, 7) is 4.50. The van der Waals surface area contributed by atoms with Gasteiger partial charge in [-0.1, -0.05) is 19.8 Å². The Morgan fingerprint density at radius 3 is 2.61 bits per heavy atom. The molecule has 1 amide bonds. The Balaban J connectivity index is 1.78. The number of amides is 1. The topological polar surface area (TPSA) is 32.3 Å². The van der Waals surface area contributed by atoms with Crippen LogP contribution in [0.1, 0.15) is 51.9 Å². The normalized spacial score (nSPS) is 27.1. The molecule has 0 aromatic rings. The molecule has 2 fully saturated rings. The van der Waals surface area contributed by atoms with Gasteiger partial charge in [0.25, 0.3) is 0 Å². The largest absolute Gasteiger partial charge is 0.343 e. The molecule has 0 spiro atoms. The summed E-state index contributed by atoms with van der Waals surface area (Å²) in [5.74, 6) is 1.58. The number of carbonyl (C=O) groups is 1. The van der Waals surface area contributed by atoms with Gasteiger partial charge < -0.3 is 10.2 Å². The van der Waals surface area contributed by atoms with E-state index in [-0.39, 0.29) is 0 Å². The molecule has 1 aliphatic heterocycles. The lowest BCUT2D eigenvalue weighted by Crippen LogP contribution is -2.39. The average molecular weight is 252 g/mol. The lowest BCUT2D eigenvalue weighted by Gasteiger charge is -2.30. The first-order valence-corrected chi connectivity index (χ1v) is 7.65. The molecule has 1 heterocycles. The zero-order valence-electron chi connectivity index (χ0n) is 12.0. The highest BCUT2D eigenvalue weighted by Gasteiger charge is 2.27. The standard InChI is InChI=1S/C15H28N2O/c1-12(13-6-5-9-16-11-13)10-15(18)17(2)14-7-3-4-8-14/h12-14,16H,3-11H2,1-2H3. The Kier molecular flexibility index (Phi) is 5.04. The molecule has 104 valence electrons. The van der Waals surface area contributed by atoms with Crippen LogP contribution in [0.15, 0.2) is 0 Å². The van der Waals surface area contributed by atoms with Gasteiger partial charge in [-0.25, -0.2) is 0 Å². The van der Waals surface area contributed by atoms with Gasteiger partial charge in [0, 0.05) is 19.5 Å². The predicted octanol–water partition coefficient (Wildman–Crippen LogP) is 2.41. The average Bonchev–Trinajstić information content (AvgIpc) is 2.92. The summed E-state index contributed by atoms with van der Waals surface area (Å²) < 4.78 is 0. The van der Waals surface area contributed by atoms with Gasteiger partial charge in [-0.05, 0) is 50.6 Å². The smallest absolute Gasteiger partial charge is 0.222 e. The van der Waals surface area contributed by atoms with E-state index in [1.165, 1.54) is 38.5 Å². The number of hydrogen-bond donors (Lipinski definition) is 1. The van der Waals surface area contributed by atoms with E-state index in [2.05, 4.69) is 12.2 Å². The summed E-state index contributed by atoms with van der Waals surface area (Å²) in [5.41, 5.74) is 0. The number of nitrogens with zero attached hydrogens (tertiary/aromatic N) is 1. The second kappa shape index (κ2) is 6.55. The number of nitrogens with one attached hydrogen (secondary N) is 1. The molecular weight excluding hydrogens is 224 g/mol. The van der Waals surface area contributed by atoms with Crippen LogP contribution in [0.5, 0.6) is 0 Å². The molecule has 1 aliphatic carbocycles. The molecule has 2 unspecified atom stereocenters. The van der Waals surface area contributed by atoms with E-state index in [4.69, 9.17) is 0 Å². The maximum absolute atomic E-state index is 12.3. The minimum atomic E-state index is 0.361. The van der Waals surface area contributed by atoms with E-state index in [0.29, 0.717) is 23.8 Å². The maximum atomic E-state index is 12.3. The fraction of sp³-hybridized carbons (Fsp3) is 0.933. The van der Waals surface area contributed by atoms with Crippen molar-refractivity contribution in [2.24, 2.45) is 11.8 Å². The van der Waals surface area contributed by atoms with Crippen LogP contribution in [0.25, 0.3) is 0 Å². The van der Waals surface area contributed by atoms with Gasteiger partial charge in [-0.15, -0.1) is 0 Å². The number of hydrogen-bond acceptors (Lipinski definition) is 2. The summed E-state index contributed by atoms with van der Waals surface area (Å²) >= 11 is 0. The SMILES string of the molecule is CC(CC(=O)N(C)C1CCCC1)C1CCCNC1. The molecule has 2 atom stereocenters. The van der Waals surface area contributed by atoms with E-state index in [0.717, 1.165) is 19.5 Å². The van der Waals surface area contributed by atoms with E-state index in [1.807, 2.05) is 11.9 Å². The third-order valence-corrected chi connectivity index (χ3v) is 4.90. The lowest BCUT2D eigenvalue weighted by atomic mass is 9.85. The van der Waals surface area contributed by atoms with Crippen molar-refractivity contribution in [2.45, 2.75) is 57.9 Å². The molecular formula is C15H28N2O. The molecule has 0 aromatic heterocycles. The van der Waals surface area contributed by atoms with Crippen molar-refractivity contribution >= 4 is 5.91 Å². The summed E-state index contributed by atoms with van der Waals surface area (Å²) in [7, 11) is 2.00. The summed E-state index contributed by atoms with van der Waals surface area (Å²) in [6, 6.07) is 0.522. The van der Waals surface area contributed by atoms with Crippen molar-refractivity contribution in [2.75, 3.05) is 20.1 Å². The second-order valence-electron chi connectivity index (χ2n) is 6.23. The van der Waals surface area contributed by atoms with E-state index >= 15 is 0 Å². The van der Waals surface area contributed by atoms with Crippen molar-refractivity contribution in [3.8, 4) is 0 Å². The van der Waals surface area contributed by atoms with Gasteiger partial charge in [0.15, 0.2) is 0 Å². The highest BCUT2D eigenvalue weighted by molar-refractivity contribution is 5.76. The Bertz CT molecular complexity index is 268. The molecule has 1 saturated heterocycles. The maximum Gasteiger partial charge on any atom is 0.222 e. The molecule has 3 heteroatoms. The molecule has 2 rings (SSSR count). The van der Waals surface area contributed by atoms with E-state index < -0.39 is 0 Å². The van der Waals surface area contributed by atoms with Crippen LogP contribution in [0.2, 0.25) is 0 Å². The monoisotopic (exact) mass is 252 g/mol. The molecule has 1 N–H and O–H groups in total. The molecule has 3 nitrogen and oxygen atoms in total. The number of rotatable bonds is 4. The van der Waals surface area contributed by atoms with Crippen molar-refractivity contribution in [1.82, 2.24) is 10.2 Å². The highest BCUT2D eigenvalue weighted by atomic mass is 16.2. The first-order chi connectivity index (χ1) is 8.68. The second-order valence-corrected chi connectivity index (χ2v) is 6.23. The third-order valence-electron chi connectivity index (χ3n) is 4.90. The quantitative estimate of drug-likeness (QED) is 0.833. The zero-order valence-corrected chi connectivity index (χ0v) is 12.0. The van der Waals surface area contributed by atoms with Crippen LogP contribution in [0.3, 0.4) is 0 Å². The Morgan fingerprint density at radius 2 is 2.00 bits per heavy atom. The van der Waals surface area contributed by atoms with Crippen LogP contribution in [0, 0.1) is 11.8 Å².